The Morgan fingerprint density at radius 2 is 1.73 bits per heavy atom. The Morgan fingerprint density at radius 1 is 0.946 bits per heavy atom. The van der Waals surface area contributed by atoms with Gasteiger partial charge in [-0.2, -0.15) is 0 Å². The van der Waals surface area contributed by atoms with Gasteiger partial charge in [-0.25, -0.2) is 13.8 Å². The van der Waals surface area contributed by atoms with Crippen molar-refractivity contribution in [3.05, 3.63) is 100 Å². The number of nitrogens with two attached hydrogens (primary N) is 1. The van der Waals surface area contributed by atoms with E-state index in [0.717, 1.165) is 61.9 Å². The lowest BCUT2D eigenvalue weighted by Crippen LogP contribution is -2.16. The number of carbonyl (C=O) groups excluding carboxylic acids is 1. The largest absolute Gasteiger partial charge is 0.484 e. The lowest BCUT2D eigenvalue weighted by molar-refractivity contribution is 0.0991. The Hall–Kier alpha value is -3.91. The van der Waals surface area contributed by atoms with Crippen LogP contribution in [0, 0.1) is 25.5 Å². The standard InChI is InChI=1S/C29H22BrF2N3O2/c1-15-4-3-5-18-12-21(23(13-30)35-27(15)18)20-9-7-17-6-8-19(34-28(17)16(20)2)14-37-24-11-10-22(31)25(26(24)32)29(33)36/h3-12H,13-14H2,1-2H3,(H2,33,36). The van der Waals surface area contributed by atoms with Crippen LogP contribution in [-0.2, 0) is 11.9 Å². The van der Waals surface area contributed by atoms with Crippen molar-refractivity contribution in [2.45, 2.75) is 25.8 Å². The predicted molar refractivity (Wildman–Crippen MR) is 144 cm³/mol. The fourth-order valence-electron chi connectivity index (χ4n) is 4.49. The van der Waals surface area contributed by atoms with E-state index >= 15 is 0 Å². The molecule has 5 rings (SSSR count). The van der Waals surface area contributed by atoms with E-state index in [0.29, 0.717) is 11.0 Å². The molecule has 2 aromatic heterocycles. The first-order valence-electron chi connectivity index (χ1n) is 11.5. The fraction of sp³-hybridized carbons (Fsp3) is 0.138. The molecule has 0 aliphatic heterocycles. The number of para-hydroxylation sites is 1. The number of pyridine rings is 2. The minimum atomic E-state index is -1.20. The van der Waals surface area contributed by atoms with Crippen molar-refractivity contribution in [2.24, 2.45) is 5.73 Å². The van der Waals surface area contributed by atoms with Crippen molar-refractivity contribution >= 4 is 43.6 Å². The summed E-state index contributed by atoms with van der Waals surface area (Å²) in [6, 6.07) is 18.1. The third-order valence-electron chi connectivity index (χ3n) is 6.39. The smallest absolute Gasteiger partial charge is 0.254 e. The number of hydrogen-bond donors (Lipinski definition) is 1. The van der Waals surface area contributed by atoms with Crippen LogP contribution in [0.5, 0.6) is 5.75 Å². The SMILES string of the molecule is Cc1cccc2cc(-c3ccc4ccc(COc5ccc(F)c(C(N)=O)c5F)nc4c3C)c(CBr)nc12. The number of hydrogen-bond acceptors (Lipinski definition) is 4. The summed E-state index contributed by atoms with van der Waals surface area (Å²) in [7, 11) is 0. The van der Waals surface area contributed by atoms with Crippen LogP contribution in [0.15, 0.2) is 60.7 Å². The predicted octanol–water partition coefficient (Wildman–Crippen LogP) is 6.92. The molecule has 0 aliphatic rings. The Kier molecular flexibility index (Phi) is 6.60. The molecular formula is C29H22BrF2N3O2. The number of aryl methyl sites for hydroxylation is 2. The molecule has 0 aliphatic carbocycles. The molecule has 0 radical (unpaired) electrons. The topological polar surface area (TPSA) is 78.1 Å². The van der Waals surface area contributed by atoms with E-state index in [9.17, 15) is 13.6 Å². The first-order valence-corrected chi connectivity index (χ1v) is 12.7. The molecule has 0 fully saturated rings. The van der Waals surface area contributed by atoms with E-state index < -0.39 is 23.1 Å². The van der Waals surface area contributed by atoms with E-state index in [1.54, 1.807) is 6.07 Å². The number of fused-ring (bicyclic) bond motifs is 2. The van der Waals surface area contributed by atoms with E-state index in [1.165, 1.54) is 0 Å². The van der Waals surface area contributed by atoms with Gasteiger partial charge in [-0.3, -0.25) is 9.78 Å². The van der Waals surface area contributed by atoms with Gasteiger partial charge in [0.25, 0.3) is 5.91 Å². The molecule has 0 unspecified atom stereocenters. The first kappa shape index (κ1) is 24.8. The summed E-state index contributed by atoms with van der Waals surface area (Å²) in [5, 5.41) is 2.60. The molecule has 2 heterocycles. The highest BCUT2D eigenvalue weighted by Crippen LogP contribution is 2.34. The van der Waals surface area contributed by atoms with E-state index in [-0.39, 0.29) is 12.4 Å². The summed E-state index contributed by atoms with van der Waals surface area (Å²) in [6.07, 6.45) is 0. The zero-order chi connectivity index (χ0) is 26.3. The number of halogens is 3. The number of benzene rings is 3. The molecule has 1 amide bonds. The molecule has 5 aromatic rings. The Bertz CT molecular complexity index is 1710. The number of nitrogens with zero attached hydrogens (tertiary/aromatic N) is 2. The van der Waals surface area contributed by atoms with Crippen LogP contribution in [0.3, 0.4) is 0 Å². The highest BCUT2D eigenvalue weighted by atomic mass is 79.9. The van der Waals surface area contributed by atoms with Crippen LogP contribution in [0.4, 0.5) is 8.78 Å². The molecule has 5 nitrogen and oxygen atoms in total. The number of amides is 1. The fourth-order valence-corrected chi connectivity index (χ4v) is 4.91. The lowest BCUT2D eigenvalue weighted by atomic mass is 9.95. The van der Waals surface area contributed by atoms with Crippen molar-refractivity contribution in [3.8, 4) is 16.9 Å². The Morgan fingerprint density at radius 3 is 2.49 bits per heavy atom. The van der Waals surface area contributed by atoms with Crippen molar-refractivity contribution in [1.29, 1.82) is 0 Å². The summed E-state index contributed by atoms with van der Waals surface area (Å²) >= 11 is 3.59. The number of primary amides is 1. The van der Waals surface area contributed by atoms with Crippen LogP contribution < -0.4 is 10.5 Å². The van der Waals surface area contributed by atoms with Crippen molar-refractivity contribution < 1.29 is 18.3 Å². The summed E-state index contributed by atoms with van der Waals surface area (Å²) in [4.78, 5) is 21.1. The second-order valence-electron chi connectivity index (χ2n) is 8.76. The highest BCUT2D eigenvalue weighted by Gasteiger charge is 2.20. The molecule has 3 aromatic carbocycles. The number of rotatable bonds is 6. The van der Waals surface area contributed by atoms with Gasteiger partial charge in [-0.05, 0) is 54.8 Å². The third-order valence-corrected chi connectivity index (χ3v) is 6.92. The summed E-state index contributed by atoms with van der Waals surface area (Å²) in [5.41, 5.74) is 11.6. The number of alkyl halides is 1. The van der Waals surface area contributed by atoms with Gasteiger partial charge in [-0.15, -0.1) is 0 Å². The van der Waals surface area contributed by atoms with Gasteiger partial charge in [-0.1, -0.05) is 52.3 Å². The van der Waals surface area contributed by atoms with Gasteiger partial charge >= 0.3 is 0 Å². The minimum Gasteiger partial charge on any atom is -0.484 e. The van der Waals surface area contributed by atoms with Gasteiger partial charge < -0.3 is 10.5 Å². The summed E-state index contributed by atoms with van der Waals surface area (Å²) in [5.74, 6) is -3.64. The molecule has 2 N–H and O–H groups in total. The van der Waals surface area contributed by atoms with Gasteiger partial charge in [0.15, 0.2) is 11.6 Å². The zero-order valence-corrected chi connectivity index (χ0v) is 21.7. The summed E-state index contributed by atoms with van der Waals surface area (Å²) in [6.45, 7) is 3.98. The summed E-state index contributed by atoms with van der Waals surface area (Å²) < 4.78 is 33.9. The number of aromatic nitrogens is 2. The third kappa shape index (κ3) is 4.53. The van der Waals surface area contributed by atoms with Crippen LogP contribution >= 0.6 is 15.9 Å². The number of ether oxygens (including phenoxy) is 1. The monoisotopic (exact) mass is 561 g/mol. The van der Waals surface area contributed by atoms with Gasteiger partial charge in [0, 0.05) is 21.7 Å². The van der Waals surface area contributed by atoms with Crippen molar-refractivity contribution in [2.75, 3.05) is 0 Å². The van der Waals surface area contributed by atoms with E-state index in [1.807, 2.05) is 38.1 Å². The molecule has 0 bridgehead atoms. The van der Waals surface area contributed by atoms with Crippen LogP contribution in [-0.4, -0.2) is 15.9 Å². The maximum atomic E-state index is 14.6. The first-order chi connectivity index (χ1) is 17.8. The zero-order valence-electron chi connectivity index (χ0n) is 20.1. The molecule has 186 valence electrons. The van der Waals surface area contributed by atoms with Crippen molar-refractivity contribution in [1.82, 2.24) is 9.97 Å². The second-order valence-corrected chi connectivity index (χ2v) is 9.32. The van der Waals surface area contributed by atoms with Crippen LogP contribution in [0.25, 0.3) is 32.9 Å². The van der Waals surface area contributed by atoms with Gasteiger partial charge in [0.05, 0.1) is 22.4 Å². The maximum absolute atomic E-state index is 14.6. The molecule has 0 saturated carbocycles. The second kappa shape index (κ2) is 9.86. The van der Waals surface area contributed by atoms with E-state index in [4.69, 9.17) is 20.4 Å². The van der Waals surface area contributed by atoms with Gasteiger partial charge in [0.2, 0.25) is 0 Å². The Balaban J connectivity index is 1.53. The molecule has 0 atom stereocenters. The molecule has 0 saturated heterocycles. The Labute approximate surface area is 220 Å². The molecule has 0 spiro atoms. The minimum absolute atomic E-state index is 0.0795. The molecule has 8 heteroatoms. The van der Waals surface area contributed by atoms with E-state index in [2.05, 4.69) is 34.1 Å². The molecular weight excluding hydrogens is 540 g/mol. The molecule has 37 heavy (non-hydrogen) atoms. The lowest BCUT2D eigenvalue weighted by Gasteiger charge is -2.15. The average Bonchev–Trinajstić information content (AvgIpc) is 2.88. The van der Waals surface area contributed by atoms with Gasteiger partial charge in [0.1, 0.15) is 18.0 Å². The number of carbonyl (C=O) groups is 1. The van der Waals surface area contributed by atoms with Crippen molar-refractivity contribution in [3.63, 3.8) is 0 Å². The normalized spacial score (nSPS) is 11.3. The maximum Gasteiger partial charge on any atom is 0.254 e. The van der Waals surface area contributed by atoms with Crippen LogP contribution in [0.1, 0.15) is 32.9 Å². The highest BCUT2D eigenvalue weighted by molar-refractivity contribution is 9.08. The quantitative estimate of drug-likeness (QED) is 0.228. The van der Waals surface area contributed by atoms with Crippen LogP contribution in [0.2, 0.25) is 0 Å². The average molecular weight is 562 g/mol.